The second kappa shape index (κ2) is 27.0. The molecule has 0 bridgehead atoms. The Hall–Kier alpha value is -7.23. The first-order chi connectivity index (χ1) is 39.8. The van der Waals surface area contributed by atoms with E-state index >= 15 is 4.39 Å². The van der Waals surface area contributed by atoms with Crippen molar-refractivity contribution < 1.29 is 97.1 Å². The van der Waals surface area contributed by atoms with Gasteiger partial charge in [-0.3, -0.25) is 43.2 Å². The monoisotopic (exact) mass is 1190 g/mol. The number of aliphatic carboxylic acids is 1. The Morgan fingerprint density at radius 3 is 2.31 bits per heavy atom. The maximum atomic E-state index is 15.4. The molecule has 10 atom stereocenters. The molecule has 5 heterocycles. The zero-order valence-corrected chi connectivity index (χ0v) is 46.2. The number of carboxylic acid groups (broad SMARTS) is 1. The average Bonchev–Trinajstić information content (AvgIpc) is 1.63. The van der Waals surface area contributed by atoms with Gasteiger partial charge in [0.2, 0.25) is 41.4 Å². The fraction of sp³-hybridized carbons (Fsp3) is 0.558. The number of hydrogen-bond donors (Lipinski definition) is 14. The number of aryl methyl sites for hydroxylation is 1. The molecular formula is C52H66FN9O20S. The highest BCUT2D eigenvalue weighted by Crippen LogP contribution is 2.46. The molecule has 0 saturated carbocycles. The van der Waals surface area contributed by atoms with Crippen molar-refractivity contribution in [1.82, 2.24) is 46.8 Å². The van der Waals surface area contributed by atoms with Gasteiger partial charge in [0, 0.05) is 35.5 Å². The molecule has 0 spiro atoms. The zero-order chi connectivity index (χ0) is 61.5. The third-order valence-corrected chi connectivity index (χ3v) is 15.0. The van der Waals surface area contributed by atoms with E-state index in [1.54, 1.807) is 27.7 Å². The van der Waals surface area contributed by atoms with Crippen LogP contribution >= 0.6 is 12.5 Å². The summed E-state index contributed by atoms with van der Waals surface area (Å²) in [7, 11) is 0. The number of nitrogens with one attached hydrogen (secondary N) is 7. The number of ether oxygens (including phenoxy) is 4. The summed E-state index contributed by atoms with van der Waals surface area (Å²) in [4.78, 5) is 134. The minimum atomic E-state index is -2.09. The van der Waals surface area contributed by atoms with Gasteiger partial charge in [-0.1, -0.05) is 20.8 Å². The van der Waals surface area contributed by atoms with E-state index in [0.717, 1.165) is 0 Å². The van der Waals surface area contributed by atoms with E-state index in [1.807, 2.05) is 0 Å². The molecule has 4 aliphatic rings. The summed E-state index contributed by atoms with van der Waals surface area (Å²) in [5.74, 6) is -9.27. The number of hydrogen-bond acceptors (Lipinski definition) is 21. The third-order valence-electron chi connectivity index (χ3n) is 14.7. The first kappa shape index (κ1) is 61.8. The lowest BCUT2D eigenvalue weighted by Crippen LogP contribution is -2.61. The van der Waals surface area contributed by atoms with Gasteiger partial charge >= 0.3 is 11.9 Å². The Morgan fingerprint density at radius 2 is 1.64 bits per heavy atom. The van der Waals surface area contributed by atoms with E-state index in [0.29, 0.717) is 46.2 Å². The highest BCUT2D eigenvalue weighted by Gasteiger charge is 2.47. The van der Waals surface area contributed by atoms with Crippen molar-refractivity contribution in [1.29, 1.82) is 1.12 Å². The predicted octanol–water partition coefficient (Wildman–Crippen LogP) is -4.33. The van der Waals surface area contributed by atoms with Gasteiger partial charge < -0.3 is 91.4 Å². The minimum absolute atomic E-state index is 0.00269. The molecule has 1 unspecified atom stereocenters. The summed E-state index contributed by atoms with van der Waals surface area (Å²) in [6.45, 7) is 1.50. The standard InChI is InChI=1S/C52H66FN9O20S/c1-5-52(78)26-10-31-42-24(15-62(31)49(76)25(26)17-81-51(52)77)40-28(7-6-23-22(4)27(53)11-29(59-42)39(23)40)58-37(67)19-79-20-57-36(66)14-55-46(73)30(18-80-50-45(72)44(71)43(70)32(16-63)82-50)60-48(75)41(21(2)3)61-34(64)8-9-54-35(65)13-56-47(74)33(83)12-38(68)69/h10-11,21,28,30,32-33,41,43-45,50,63,70-72,78,83H,5-9,12-20H2,1-4H3,(H,54,65)(H,55,73)(H,56,74)(H,57,66)(H,58,67)(H,60,75)(H,61,64)(H,68,69)/t28-,30-,32+,33?,41-,43+,44-,45+,50+,52-/m0/s1/i/hT. The van der Waals surface area contributed by atoms with Crippen LogP contribution in [0.25, 0.3) is 22.3 Å². The van der Waals surface area contributed by atoms with Gasteiger partial charge in [-0.25, -0.2) is 14.2 Å². The number of aliphatic hydroxyl groups is 5. The molecule has 7 amide bonds. The summed E-state index contributed by atoms with van der Waals surface area (Å²) in [6, 6.07) is -0.987. The lowest BCUT2D eigenvalue weighted by molar-refractivity contribution is -0.301. The molecule has 2 aromatic heterocycles. The van der Waals surface area contributed by atoms with E-state index < -0.39 is 176 Å². The topological polar surface area (TPSA) is 431 Å². The van der Waals surface area contributed by atoms with Crippen LogP contribution in [0.2, 0.25) is 0 Å². The number of esters is 1. The number of thiol groups is 1. The highest BCUT2D eigenvalue weighted by molar-refractivity contribution is 7.81. The first-order valence-corrected chi connectivity index (χ1v) is 26.9. The van der Waals surface area contributed by atoms with E-state index in [9.17, 15) is 73.5 Å². The number of aliphatic hydroxyl groups excluding tert-OH is 4. The summed E-state index contributed by atoms with van der Waals surface area (Å²) in [5.41, 5.74) is 0.632. The molecule has 1 fully saturated rings. The van der Waals surface area contributed by atoms with Crippen molar-refractivity contribution in [2.24, 2.45) is 5.92 Å². The molecule has 1 aromatic carbocycles. The van der Waals surface area contributed by atoms with Crippen molar-refractivity contribution in [3.05, 3.63) is 61.7 Å². The Balaban J connectivity index is 0.951. The summed E-state index contributed by atoms with van der Waals surface area (Å²) < 4.78 is 45.7. The summed E-state index contributed by atoms with van der Waals surface area (Å²) >= 11 is 0.235. The molecule has 7 rings (SSSR count). The fourth-order valence-corrected chi connectivity index (χ4v) is 10.3. The van der Waals surface area contributed by atoms with Crippen LogP contribution in [-0.2, 0) is 87.3 Å². The Kier molecular flexibility index (Phi) is 20.1. The number of nitrogens with zero attached hydrogens (tertiary/aromatic N) is 2. The molecular weight excluding hydrogens is 1120 g/mol. The fourth-order valence-electron chi connectivity index (χ4n) is 10.1. The first-order valence-electron chi connectivity index (χ1n) is 26.9. The molecule has 83 heavy (non-hydrogen) atoms. The van der Waals surface area contributed by atoms with Gasteiger partial charge in [0.1, 0.15) is 63.4 Å². The van der Waals surface area contributed by atoms with E-state index in [2.05, 4.69) is 37.2 Å². The lowest BCUT2D eigenvalue weighted by atomic mass is 9.81. The van der Waals surface area contributed by atoms with Crippen molar-refractivity contribution in [3.8, 4) is 11.4 Å². The molecule has 31 heteroatoms. The molecule has 1 saturated heterocycles. The molecule has 3 aliphatic heterocycles. The van der Waals surface area contributed by atoms with E-state index in [4.69, 9.17) is 30.2 Å². The third kappa shape index (κ3) is 14.1. The number of aromatic nitrogens is 2. The van der Waals surface area contributed by atoms with Gasteiger partial charge in [0.15, 0.2) is 11.9 Å². The molecule has 452 valence electrons. The van der Waals surface area contributed by atoms with Crippen molar-refractivity contribution in [2.75, 3.05) is 46.2 Å². The Labute approximate surface area is 478 Å². The number of pyridine rings is 2. The second-order valence-corrected chi connectivity index (χ2v) is 21.1. The Bertz CT molecular complexity index is 3150. The maximum absolute atomic E-state index is 15.4. The van der Waals surface area contributed by atoms with Crippen LogP contribution in [0.15, 0.2) is 16.9 Å². The summed E-state index contributed by atoms with van der Waals surface area (Å²) in [6.07, 6.45) is -9.22. The highest BCUT2D eigenvalue weighted by atomic mass is 32.1. The number of carboxylic acids is 1. The second-order valence-electron chi connectivity index (χ2n) is 20.6. The number of rotatable bonds is 26. The van der Waals surface area contributed by atoms with Gasteiger partial charge in [0.05, 0.1) is 73.0 Å². The number of carbonyl (C=O) groups excluding carboxylic acids is 8. The van der Waals surface area contributed by atoms with Crippen LogP contribution in [0.3, 0.4) is 0 Å². The van der Waals surface area contributed by atoms with E-state index in [1.165, 1.54) is 16.7 Å². The quantitative estimate of drug-likeness (QED) is 0.0122. The normalized spacial score (nSPS) is 22.5. The zero-order valence-electron chi connectivity index (χ0n) is 46.4. The van der Waals surface area contributed by atoms with E-state index in [-0.39, 0.29) is 67.4 Å². The minimum Gasteiger partial charge on any atom is -0.481 e. The number of cyclic esters (lactones) is 1. The number of fused-ring (bicyclic) bond motifs is 5. The smallest absolute Gasteiger partial charge is 0.343 e. The summed E-state index contributed by atoms with van der Waals surface area (Å²) in [5, 5.41) is 77.4. The number of carbonyl (C=O) groups is 9. The number of halogens is 1. The van der Waals surface area contributed by atoms with Crippen LogP contribution in [0.4, 0.5) is 4.39 Å². The van der Waals surface area contributed by atoms with Crippen LogP contribution in [0, 0.1) is 18.7 Å². The lowest BCUT2D eigenvalue weighted by Gasteiger charge is -2.40. The van der Waals surface area contributed by atoms with Gasteiger partial charge in [0.25, 0.3) is 5.56 Å². The van der Waals surface area contributed by atoms with Gasteiger partial charge in [-0.05, 0) is 54.9 Å². The predicted molar refractivity (Wildman–Crippen MR) is 284 cm³/mol. The van der Waals surface area contributed by atoms with Gasteiger partial charge in [-0.2, -0.15) is 12.5 Å². The van der Waals surface area contributed by atoms with Crippen LogP contribution in [-0.4, -0.2) is 189 Å². The molecule has 3 aromatic rings. The number of benzene rings is 1. The SMILES string of the molecule is [3H]SC(CC(=O)O)C(=O)NCC(=O)NCCC(=O)N[C@H](C(=O)N[C@@H](CO[C@@H]1O[C@H](CO)[C@@H](O)[C@H](O)[C@H]1O)C(=O)NCC(=O)NCOCC(=O)N[C@H]1CCc2c(C)c(F)cc3nc4c(c1c23)Cn1c-4cc2c(c1=O)COC(=O)[C@]2(O)CC)C(C)C. The van der Waals surface area contributed by atoms with Crippen LogP contribution < -0.4 is 42.8 Å². The molecule has 1 aliphatic carbocycles. The maximum Gasteiger partial charge on any atom is 0.343 e. The Morgan fingerprint density at radius 1 is 0.928 bits per heavy atom. The van der Waals surface area contributed by atoms with Crippen molar-refractivity contribution >= 4 is 76.7 Å². The number of amides is 7. The molecule has 13 N–H and O–H groups in total. The molecule has 29 nitrogen and oxygen atoms in total. The van der Waals surface area contributed by atoms with Crippen LogP contribution in [0.5, 0.6) is 0 Å². The molecule has 0 radical (unpaired) electrons. The van der Waals surface area contributed by atoms with Crippen LogP contribution in [0.1, 0.15) is 85.9 Å². The van der Waals surface area contributed by atoms with Crippen molar-refractivity contribution in [2.45, 2.75) is 133 Å². The van der Waals surface area contributed by atoms with Gasteiger partial charge in [-0.15, -0.1) is 0 Å². The largest absolute Gasteiger partial charge is 0.481 e. The van der Waals surface area contributed by atoms with Crippen molar-refractivity contribution in [3.63, 3.8) is 0 Å². The average molecular weight is 1190 g/mol.